The number of hydrogen-bond acceptors (Lipinski definition) is 3. The highest BCUT2D eigenvalue weighted by molar-refractivity contribution is 9.12. The molecule has 3 nitrogen and oxygen atoms in total. The third-order valence-electron chi connectivity index (χ3n) is 3.49. The van der Waals surface area contributed by atoms with E-state index in [-0.39, 0.29) is 11.4 Å². The fourth-order valence-electron chi connectivity index (χ4n) is 2.07. The van der Waals surface area contributed by atoms with Gasteiger partial charge in [0.2, 0.25) is 0 Å². The van der Waals surface area contributed by atoms with Gasteiger partial charge in [0.05, 0.1) is 13.1 Å². The summed E-state index contributed by atoms with van der Waals surface area (Å²) in [5, 5.41) is 0. The van der Waals surface area contributed by atoms with Crippen molar-refractivity contribution in [3.63, 3.8) is 0 Å². The van der Waals surface area contributed by atoms with E-state index in [0.717, 1.165) is 32.8 Å². The lowest BCUT2D eigenvalue weighted by atomic mass is 9.99. The molecule has 0 atom stereocenters. The average molecular weight is 396 g/mol. The van der Waals surface area contributed by atoms with Gasteiger partial charge in [-0.3, -0.25) is 9.69 Å². The van der Waals surface area contributed by atoms with E-state index in [2.05, 4.69) is 57.7 Å². The number of amides is 1. The van der Waals surface area contributed by atoms with E-state index in [1.807, 2.05) is 11.0 Å². The van der Waals surface area contributed by atoms with Gasteiger partial charge in [-0.1, -0.05) is 0 Å². The number of likely N-dealkylation sites (N-methyl/N-ethyl adjacent to an activating group) is 1. The number of halogens is 2. The first-order valence-corrected chi connectivity index (χ1v) is 8.17. The maximum absolute atomic E-state index is 12.5. The SMILES string of the molecule is CN1CCN(C(=O)c2cc(Br)sc2Br)CC1(C)C. The molecule has 18 heavy (non-hydrogen) atoms. The summed E-state index contributed by atoms with van der Waals surface area (Å²) in [6.07, 6.45) is 0. The summed E-state index contributed by atoms with van der Waals surface area (Å²) in [4.78, 5) is 16.7. The lowest BCUT2D eigenvalue weighted by Gasteiger charge is -2.45. The molecule has 1 aliphatic heterocycles. The zero-order valence-corrected chi connectivity index (χ0v) is 14.7. The predicted octanol–water partition coefficient (Wildman–Crippen LogP) is 3.44. The lowest BCUT2D eigenvalue weighted by molar-refractivity contribution is 0.0311. The summed E-state index contributed by atoms with van der Waals surface area (Å²) in [6, 6.07) is 1.89. The minimum Gasteiger partial charge on any atom is -0.335 e. The van der Waals surface area contributed by atoms with Gasteiger partial charge in [0.25, 0.3) is 5.91 Å². The van der Waals surface area contributed by atoms with Crippen molar-refractivity contribution in [3.05, 3.63) is 19.2 Å². The first kappa shape index (κ1) is 14.5. The minimum absolute atomic E-state index is 0.0354. The Morgan fingerprint density at radius 2 is 2.06 bits per heavy atom. The molecule has 1 aliphatic rings. The maximum Gasteiger partial charge on any atom is 0.256 e. The Kier molecular flexibility index (Phi) is 4.21. The van der Waals surface area contributed by atoms with E-state index in [9.17, 15) is 4.79 Å². The molecular weight excluding hydrogens is 380 g/mol. The molecule has 0 saturated carbocycles. The van der Waals surface area contributed by atoms with E-state index >= 15 is 0 Å². The molecule has 0 spiro atoms. The Hall–Kier alpha value is 0.0900. The van der Waals surface area contributed by atoms with Crippen molar-refractivity contribution in [2.75, 3.05) is 26.7 Å². The van der Waals surface area contributed by atoms with Crippen LogP contribution in [-0.2, 0) is 0 Å². The molecule has 1 aromatic rings. The van der Waals surface area contributed by atoms with Crippen LogP contribution in [0.25, 0.3) is 0 Å². The van der Waals surface area contributed by atoms with Crippen molar-refractivity contribution in [3.8, 4) is 0 Å². The fraction of sp³-hybridized carbons (Fsp3) is 0.583. The number of thiophene rings is 1. The van der Waals surface area contributed by atoms with Gasteiger partial charge in [0.15, 0.2) is 0 Å². The molecule has 1 saturated heterocycles. The van der Waals surface area contributed by atoms with E-state index in [1.165, 1.54) is 11.3 Å². The molecule has 1 fully saturated rings. The molecule has 6 heteroatoms. The number of carbonyl (C=O) groups is 1. The summed E-state index contributed by atoms with van der Waals surface area (Å²) in [6.45, 7) is 6.82. The quantitative estimate of drug-likeness (QED) is 0.727. The van der Waals surface area contributed by atoms with Crippen LogP contribution in [0, 0.1) is 0 Å². The van der Waals surface area contributed by atoms with Gasteiger partial charge in [-0.15, -0.1) is 11.3 Å². The Bertz CT molecular complexity index is 473. The normalized spacial score (nSPS) is 20.2. The second-order valence-electron chi connectivity index (χ2n) is 5.20. The molecule has 1 aromatic heterocycles. The van der Waals surface area contributed by atoms with E-state index in [0.29, 0.717) is 0 Å². The van der Waals surface area contributed by atoms with Gasteiger partial charge in [-0.25, -0.2) is 0 Å². The highest BCUT2D eigenvalue weighted by Crippen LogP contribution is 2.33. The van der Waals surface area contributed by atoms with E-state index in [1.54, 1.807) is 0 Å². The van der Waals surface area contributed by atoms with Crippen LogP contribution >= 0.6 is 43.2 Å². The van der Waals surface area contributed by atoms with Crippen LogP contribution in [0.3, 0.4) is 0 Å². The van der Waals surface area contributed by atoms with Gasteiger partial charge in [0.1, 0.15) is 0 Å². The topological polar surface area (TPSA) is 23.6 Å². The Labute approximate surface area is 128 Å². The molecule has 0 radical (unpaired) electrons. The molecule has 0 N–H and O–H groups in total. The zero-order chi connectivity index (χ0) is 13.5. The summed E-state index contributed by atoms with van der Waals surface area (Å²) < 4.78 is 1.88. The van der Waals surface area contributed by atoms with Gasteiger partial charge in [0, 0.05) is 25.2 Å². The Morgan fingerprint density at radius 1 is 1.39 bits per heavy atom. The second kappa shape index (κ2) is 5.23. The van der Waals surface area contributed by atoms with Crippen LogP contribution in [-0.4, -0.2) is 47.9 Å². The fourth-order valence-corrected chi connectivity index (χ4v) is 4.85. The van der Waals surface area contributed by atoms with Gasteiger partial charge < -0.3 is 4.90 Å². The number of nitrogens with zero attached hydrogens (tertiary/aromatic N) is 2. The number of rotatable bonds is 1. The highest BCUT2D eigenvalue weighted by Gasteiger charge is 2.34. The number of hydrogen-bond donors (Lipinski definition) is 0. The zero-order valence-electron chi connectivity index (χ0n) is 10.7. The third-order valence-corrected chi connectivity index (χ3v) is 5.83. The van der Waals surface area contributed by atoms with E-state index in [4.69, 9.17) is 0 Å². The second-order valence-corrected chi connectivity index (χ2v) is 8.95. The third kappa shape index (κ3) is 2.81. The highest BCUT2D eigenvalue weighted by atomic mass is 79.9. The van der Waals surface area contributed by atoms with E-state index < -0.39 is 0 Å². The molecule has 100 valence electrons. The number of carbonyl (C=O) groups excluding carboxylic acids is 1. The summed E-state index contributed by atoms with van der Waals surface area (Å²) in [5.41, 5.74) is 0.792. The van der Waals surface area contributed by atoms with Crippen LogP contribution in [0.5, 0.6) is 0 Å². The largest absolute Gasteiger partial charge is 0.335 e. The minimum atomic E-state index is 0.0354. The molecule has 2 rings (SSSR count). The first-order valence-electron chi connectivity index (χ1n) is 5.76. The average Bonchev–Trinajstić information content (AvgIpc) is 2.60. The van der Waals surface area contributed by atoms with Crippen LogP contribution in [0.15, 0.2) is 13.6 Å². The molecule has 0 aliphatic carbocycles. The molecule has 2 heterocycles. The lowest BCUT2D eigenvalue weighted by Crippen LogP contribution is -2.58. The van der Waals surface area contributed by atoms with Crippen LogP contribution in [0.2, 0.25) is 0 Å². The molecule has 0 bridgehead atoms. The number of piperazine rings is 1. The maximum atomic E-state index is 12.5. The van der Waals surface area contributed by atoms with Crippen molar-refractivity contribution in [2.24, 2.45) is 0 Å². The van der Waals surface area contributed by atoms with Crippen LogP contribution < -0.4 is 0 Å². The smallest absolute Gasteiger partial charge is 0.256 e. The van der Waals surface area contributed by atoms with Crippen molar-refractivity contribution in [2.45, 2.75) is 19.4 Å². The van der Waals surface area contributed by atoms with Gasteiger partial charge in [-0.05, 0) is 58.8 Å². The van der Waals surface area contributed by atoms with Crippen molar-refractivity contribution < 1.29 is 4.79 Å². The van der Waals surface area contributed by atoms with Crippen LogP contribution in [0.4, 0.5) is 0 Å². The summed E-state index contributed by atoms with van der Waals surface area (Å²) >= 11 is 8.41. The van der Waals surface area contributed by atoms with Gasteiger partial charge in [-0.2, -0.15) is 0 Å². The Balaban J connectivity index is 2.18. The molecule has 1 amide bonds. The first-order chi connectivity index (χ1) is 8.31. The van der Waals surface area contributed by atoms with Crippen molar-refractivity contribution in [1.29, 1.82) is 0 Å². The van der Waals surface area contributed by atoms with Crippen LogP contribution in [0.1, 0.15) is 24.2 Å². The van der Waals surface area contributed by atoms with Crippen molar-refractivity contribution in [1.82, 2.24) is 9.80 Å². The van der Waals surface area contributed by atoms with Gasteiger partial charge >= 0.3 is 0 Å². The Morgan fingerprint density at radius 3 is 2.56 bits per heavy atom. The molecular formula is C12H16Br2N2OS. The molecule has 0 unspecified atom stereocenters. The molecule has 0 aromatic carbocycles. The van der Waals surface area contributed by atoms with Crippen molar-refractivity contribution >= 4 is 49.1 Å². The summed E-state index contributed by atoms with van der Waals surface area (Å²) in [7, 11) is 2.11. The standard InChI is InChI=1S/C12H16Br2N2OS/c1-12(2)7-16(5-4-15(12)3)11(17)8-6-9(13)18-10(8)14/h6H,4-5,7H2,1-3H3. The monoisotopic (exact) mass is 394 g/mol. The summed E-state index contributed by atoms with van der Waals surface area (Å²) in [5.74, 6) is 0.116. The predicted molar refractivity (Wildman–Crippen MR) is 82.3 cm³/mol.